The molecule has 1 amide bonds. The van der Waals surface area contributed by atoms with Crippen molar-refractivity contribution in [1.29, 1.82) is 0 Å². The van der Waals surface area contributed by atoms with Crippen molar-refractivity contribution in [3.63, 3.8) is 0 Å². The second kappa shape index (κ2) is 4.41. The summed E-state index contributed by atoms with van der Waals surface area (Å²) >= 11 is 0. The van der Waals surface area contributed by atoms with E-state index >= 15 is 0 Å². The maximum Gasteiger partial charge on any atom is 0.305 e. The van der Waals surface area contributed by atoms with E-state index in [1.165, 1.54) is 0 Å². The van der Waals surface area contributed by atoms with Crippen LogP contribution in [0.25, 0.3) is 0 Å². The van der Waals surface area contributed by atoms with Gasteiger partial charge >= 0.3 is 5.97 Å². The van der Waals surface area contributed by atoms with Crippen LogP contribution in [0.1, 0.15) is 46.0 Å². The van der Waals surface area contributed by atoms with E-state index in [4.69, 9.17) is 10.8 Å². The standard InChI is InChI=1S/C11H20N2O3/c1-10(2,7-8(14)15)13-9(16)11(12)5-3-4-6-11/h3-7,12H2,1-2H3,(H,13,16)(H,14,15). The minimum atomic E-state index is -0.928. The lowest BCUT2D eigenvalue weighted by Gasteiger charge is -2.30. The number of aliphatic carboxylic acids is 1. The zero-order valence-electron chi connectivity index (χ0n) is 9.88. The van der Waals surface area contributed by atoms with E-state index in [-0.39, 0.29) is 12.3 Å². The molecule has 5 heteroatoms. The number of carbonyl (C=O) groups excluding carboxylic acids is 1. The van der Waals surface area contributed by atoms with E-state index in [1.54, 1.807) is 13.8 Å². The van der Waals surface area contributed by atoms with Gasteiger partial charge in [0.25, 0.3) is 0 Å². The molecule has 92 valence electrons. The molecule has 1 fully saturated rings. The predicted octanol–water partition coefficient (Wildman–Crippen LogP) is 0.627. The second-order valence-electron chi connectivity index (χ2n) is 5.27. The molecule has 1 aliphatic carbocycles. The number of amides is 1. The lowest BCUT2D eigenvalue weighted by atomic mass is 9.94. The van der Waals surface area contributed by atoms with E-state index in [2.05, 4.69) is 5.32 Å². The van der Waals surface area contributed by atoms with Gasteiger partial charge in [0, 0.05) is 5.54 Å². The Bertz CT molecular complexity index is 294. The molecular formula is C11H20N2O3. The Kier molecular flexibility index (Phi) is 3.57. The van der Waals surface area contributed by atoms with Crippen molar-refractivity contribution in [2.75, 3.05) is 0 Å². The number of carboxylic acids is 1. The van der Waals surface area contributed by atoms with Gasteiger partial charge in [-0.25, -0.2) is 0 Å². The SMILES string of the molecule is CC(C)(CC(=O)O)NC(=O)C1(N)CCCC1. The van der Waals surface area contributed by atoms with Gasteiger partial charge in [-0.05, 0) is 26.7 Å². The minimum Gasteiger partial charge on any atom is -0.481 e. The highest BCUT2D eigenvalue weighted by atomic mass is 16.4. The molecule has 16 heavy (non-hydrogen) atoms. The highest BCUT2D eigenvalue weighted by Crippen LogP contribution is 2.28. The van der Waals surface area contributed by atoms with E-state index in [0.29, 0.717) is 12.8 Å². The number of carbonyl (C=O) groups is 2. The summed E-state index contributed by atoms with van der Waals surface area (Å²) < 4.78 is 0. The van der Waals surface area contributed by atoms with Crippen LogP contribution in [-0.4, -0.2) is 28.1 Å². The highest BCUT2D eigenvalue weighted by molar-refractivity contribution is 5.87. The molecular weight excluding hydrogens is 208 g/mol. The van der Waals surface area contributed by atoms with E-state index in [1.807, 2.05) is 0 Å². The van der Waals surface area contributed by atoms with Crippen molar-refractivity contribution in [3.8, 4) is 0 Å². The summed E-state index contributed by atoms with van der Waals surface area (Å²) in [5.41, 5.74) is 4.43. The fraction of sp³-hybridized carbons (Fsp3) is 0.818. The molecule has 0 saturated heterocycles. The summed E-state index contributed by atoms with van der Waals surface area (Å²) in [6.07, 6.45) is 3.19. The first-order valence-electron chi connectivity index (χ1n) is 5.58. The van der Waals surface area contributed by atoms with Gasteiger partial charge < -0.3 is 16.2 Å². The van der Waals surface area contributed by atoms with Crippen LogP contribution in [0.5, 0.6) is 0 Å². The number of nitrogens with two attached hydrogens (primary N) is 1. The molecule has 0 heterocycles. The maximum absolute atomic E-state index is 11.9. The zero-order chi connectivity index (χ0) is 12.4. The molecule has 5 nitrogen and oxygen atoms in total. The molecule has 0 aromatic carbocycles. The van der Waals surface area contributed by atoms with Crippen molar-refractivity contribution in [3.05, 3.63) is 0 Å². The van der Waals surface area contributed by atoms with Crippen molar-refractivity contribution in [1.82, 2.24) is 5.32 Å². The number of nitrogens with one attached hydrogen (secondary N) is 1. The average Bonchev–Trinajstić information content (AvgIpc) is 2.49. The van der Waals surface area contributed by atoms with Crippen LogP contribution in [-0.2, 0) is 9.59 Å². The van der Waals surface area contributed by atoms with Crippen LogP contribution in [0.4, 0.5) is 0 Å². The van der Waals surface area contributed by atoms with E-state index in [0.717, 1.165) is 12.8 Å². The van der Waals surface area contributed by atoms with Gasteiger partial charge in [0.15, 0.2) is 0 Å². The van der Waals surface area contributed by atoms with Crippen LogP contribution in [0, 0.1) is 0 Å². The Balaban J connectivity index is 2.59. The third-order valence-electron chi connectivity index (χ3n) is 2.99. The second-order valence-corrected chi connectivity index (χ2v) is 5.27. The molecule has 0 aromatic heterocycles. The Morgan fingerprint density at radius 3 is 2.31 bits per heavy atom. The largest absolute Gasteiger partial charge is 0.481 e. The molecule has 4 N–H and O–H groups in total. The zero-order valence-corrected chi connectivity index (χ0v) is 9.88. The van der Waals surface area contributed by atoms with Crippen LogP contribution < -0.4 is 11.1 Å². The van der Waals surface area contributed by atoms with Gasteiger partial charge in [-0.2, -0.15) is 0 Å². The first-order valence-corrected chi connectivity index (χ1v) is 5.58. The lowest BCUT2D eigenvalue weighted by Crippen LogP contribution is -2.57. The summed E-state index contributed by atoms with van der Waals surface area (Å²) in [7, 11) is 0. The normalized spacial score (nSPS) is 19.4. The molecule has 0 spiro atoms. The van der Waals surface area contributed by atoms with Crippen molar-refractivity contribution in [2.24, 2.45) is 5.73 Å². The van der Waals surface area contributed by atoms with E-state index in [9.17, 15) is 9.59 Å². The van der Waals surface area contributed by atoms with Gasteiger partial charge in [-0.15, -0.1) is 0 Å². The van der Waals surface area contributed by atoms with Crippen molar-refractivity contribution >= 4 is 11.9 Å². The first-order chi connectivity index (χ1) is 7.25. The van der Waals surface area contributed by atoms with Crippen LogP contribution in [0.2, 0.25) is 0 Å². The fourth-order valence-electron chi connectivity index (χ4n) is 2.09. The third kappa shape index (κ3) is 3.20. The first kappa shape index (κ1) is 13.0. The number of rotatable bonds is 4. The molecule has 1 aliphatic rings. The molecule has 0 aliphatic heterocycles. The van der Waals surface area contributed by atoms with Gasteiger partial charge in [-0.1, -0.05) is 12.8 Å². The molecule has 0 unspecified atom stereocenters. The summed E-state index contributed by atoms with van der Waals surface area (Å²) in [5, 5.41) is 11.4. The number of hydrogen-bond donors (Lipinski definition) is 3. The Morgan fingerprint density at radius 1 is 1.38 bits per heavy atom. The Morgan fingerprint density at radius 2 is 1.88 bits per heavy atom. The minimum absolute atomic E-state index is 0.102. The maximum atomic E-state index is 11.9. The van der Waals surface area contributed by atoms with Crippen LogP contribution in [0.15, 0.2) is 0 Å². The van der Waals surface area contributed by atoms with Gasteiger partial charge in [-0.3, -0.25) is 9.59 Å². The lowest BCUT2D eigenvalue weighted by molar-refractivity contribution is -0.139. The molecule has 0 aromatic rings. The van der Waals surface area contributed by atoms with Gasteiger partial charge in [0.1, 0.15) is 0 Å². The van der Waals surface area contributed by atoms with E-state index < -0.39 is 17.0 Å². The van der Waals surface area contributed by atoms with Gasteiger partial charge in [0.2, 0.25) is 5.91 Å². The smallest absolute Gasteiger partial charge is 0.305 e. The summed E-state index contributed by atoms with van der Waals surface area (Å²) in [6.45, 7) is 3.38. The summed E-state index contributed by atoms with van der Waals surface area (Å²) in [4.78, 5) is 22.6. The average molecular weight is 228 g/mol. The molecule has 0 radical (unpaired) electrons. The summed E-state index contributed by atoms with van der Waals surface area (Å²) in [6, 6.07) is 0. The molecule has 0 bridgehead atoms. The summed E-state index contributed by atoms with van der Waals surface area (Å²) in [5.74, 6) is -1.15. The van der Waals surface area contributed by atoms with Crippen molar-refractivity contribution in [2.45, 2.75) is 57.0 Å². The third-order valence-corrected chi connectivity index (χ3v) is 2.99. The quantitative estimate of drug-likeness (QED) is 0.658. The Hall–Kier alpha value is -1.10. The molecule has 1 rings (SSSR count). The van der Waals surface area contributed by atoms with Crippen LogP contribution in [0.3, 0.4) is 0 Å². The molecule has 1 saturated carbocycles. The van der Waals surface area contributed by atoms with Crippen LogP contribution >= 0.6 is 0 Å². The molecule has 0 atom stereocenters. The number of hydrogen-bond acceptors (Lipinski definition) is 3. The Labute approximate surface area is 95.4 Å². The van der Waals surface area contributed by atoms with Crippen molar-refractivity contribution < 1.29 is 14.7 Å². The number of carboxylic acid groups (broad SMARTS) is 1. The highest BCUT2D eigenvalue weighted by Gasteiger charge is 2.39. The fourth-order valence-corrected chi connectivity index (χ4v) is 2.09. The van der Waals surface area contributed by atoms with Gasteiger partial charge in [0.05, 0.1) is 12.0 Å². The monoisotopic (exact) mass is 228 g/mol. The predicted molar refractivity (Wildman–Crippen MR) is 59.9 cm³/mol. The topological polar surface area (TPSA) is 92.4 Å².